The topological polar surface area (TPSA) is 71.8 Å². The zero-order chi connectivity index (χ0) is 18.6. The predicted molar refractivity (Wildman–Crippen MR) is 96.9 cm³/mol. The number of benzene rings is 1. The van der Waals surface area contributed by atoms with Crippen molar-refractivity contribution in [1.29, 1.82) is 0 Å². The van der Waals surface area contributed by atoms with Crippen LogP contribution in [0.15, 0.2) is 41.3 Å². The van der Waals surface area contributed by atoms with Crippen LogP contribution in [0.3, 0.4) is 0 Å². The SMILES string of the molecule is Cc1cccn2c(=O)cc(CN3C(=O)c4cc(Cl)c(Cl)cc4C3=O)nc12. The molecule has 0 N–H and O–H groups in total. The van der Waals surface area contributed by atoms with E-state index in [1.165, 1.54) is 22.6 Å². The lowest BCUT2D eigenvalue weighted by Gasteiger charge is -2.14. The molecular weight excluding hydrogens is 377 g/mol. The maximum Gasteiger partial charge on any atom is 0.261 e. The number of imide groups is 1. The minimum absolute atomic E-state index is 0.109. The average Bonchev–Trinajstić information content (AvgIpc) is 2.81. The van der Waals surface area contributed by atoms with Gasteiger partial charge in [0.05, 0.1) is 33.4 Å². The number of aromatic nitrogens is 2. The Morgan fingerprint density at radius 2 is 1.62 bits per heavy atom. The van der Waals surface area contributed by atoms with Crippen molar-refractivity contribution in [3.63, 3.8) is 0 Å². The summed E-state index contributed by atoms with van der Waals surface area (Å²) in [5.74, 6) is -0.981. The van der Waals surface area contributed by atoms with Crippen molar-refractivity contribution in [3.05, 3.63) is 79.3 Å². The third-order valence-corrected chi connectivity index (χ3v) is 4.99. The highest BCUT2D eigenvalue weighted by atomic mass is 35.5. The molecular formula is C18H11Cl2N3O3. The van der Waals surface area contributed by atoms with Crippen molar-refractivity contribution in [3.8, 4) is 0 Å². The maximum atomic E-state index is 12.6. The van der Waals surface area contributed by atoms with Gasteiger partial charge in [-0.1, -0.05) is 29.3 Å². The van der Waals surface area contributed by atoms with Crippen LogP contribution in [0.4, 0.5) is 0 Å². The van der Waals surface area contributed by atoms with Crippen molar-refractivity contribution in [1.82, 2.24) is 14.3 Å². The van der Waals surface area contributed by atoms with Crippen molar-refractivity contribution in [2.75, 3.05) is 0 Å². The lowest BCUT2D eigenvalue weighted by molar-refractivity contribution is 0.0640. The molecule has 0 saturated heterocycles. The van der Waals surface area contributed by atoms with Gasteiger partial charge < -0.3 is 0 Å². The standard InChI is InChI=1S/C18H11Cl2N3O3/c1-9-3-2-4-22-15(24)5-10(21-16(9)22)8-23-17(25)11-6-13(19)14(20)7-12(11)18(23)26/h2-7H,8H2,1H3. The van der Waals surface area contributed by atoms with Gasteiger partial charge in [0.1, 0.15) is 5.65 Å². The summed E-state index contributed by atoms with van der Waals surface area (Å²) in [6, 6.07) is 7.66. The van der Waals surface area contributed by atoms with Crippen molar-refractivity contribution in [2.45, 2.75) is 13.5 Å². The van der Waals surface area contributed by atoms with Crippen molar-refractivity contribution in [2.24, 2.45) is 0 Å². The Morgan fingerprint density at radius 1 is 1.00 bits per heavy atom. The molecule has 26 heavy (non-hydrogen) atoms. The van der Waals surface area contributed by atoms with Crippen LogP contribution < -0.4 is 5.56 Å². The first-order chi connectivity index (χ1) is 12.4. The first-order valence-corrected chi connectivity index (χ1v) is 8.45. The molecule has 0 spiro atoms. The molecule has 1 aromatic carbocycles. The summed E-state index contributed by atoms with van der Waals surface area (Å²) in [7, 11) is 0. The number of pyridine rings is 1. The molecule has 2 aromatic heterocycles. The van der Waals surface area contributed by atoms with Gasteiger partial charge >= 0.3 is 0 Å². The number of rotatable bonds is 2. The predicted octanol–water partition coefficient (Wildman–Crippen LogP) is 3.11. The average molecular weight is 388 g/mol. The number of hydrogen-bond acceptors (Lipinski definition) is 4. The second-order valence-corrected chi connectivity index (χ2v) is 6.79. The monoisotopic (exact) mass is 387 g/mol. The molecule has 0 bridgehead atoms. The van der Waals surface area contributed by atoms with Gasteiger partial charge in [0.25, 0.3) is 17.4 Å². The largest absolute Gasteiger partial charge is 0.269 e. The minimum atomic E-state index is -0.490. The molecule has 0 unspecified atom stereocenters. The van der Waals surface area contributed by atoms with Gasteiger partial charge in [-0.25, -0.2) is 4.98 Å². The van der Waals surface area contributed by atoms with Gasteiger partial charge in [-0.15, -0.1) is 0 Å². The molecule has 4 rings (SSSR count). The number of carbonyl (C=O) groups is 2. The van der Waals surface area contributed by atoms with E-state index in [0.717, 1.165) is 10.5 Å². The fourth-order valence-corrected chi connectivity index (χ4v) is 3.31. The van der Waals surface area contributed by atoms with Crippen LogP contribution in [0.2, 0.25) is 10.0 Å². The summed E-state index contributed by atoms with van der Waals surface area (Å²) in [5.41, 5.74) is 1.73. The Kier molecular flexibility index (Phi) is 3.82. The number of hydrogen-bond donors (Lipinski definition) is 0. The molecule has 8 heteroatoms. The van der Waals surface area contributed by atoms with E-state index in [4.69, 9.17) is 23.2 Å². The summed E-state index contributed by atoms with van der Waals surface area (Å²) >= 11 is 11.9. The van der Waals surface area contributed by atoms with Crippen LogP contribution in [0, 0.1) is 6.92 Å². The summed E-state index contributed by atoms with van der Waals surface area (Å²) in [6.45, 7) is 1.72. The zero-order valence-corrected chi connectivity index (χ0v) is 15.0. The minimum Gasteiger partial charge on any atom is -0.269 e. The van der Waals surface area contributed by atoms with Crippen LogP contribution in [0.25, 0.3) is 5.65 Å². The van der Waals surface area contributed by atoms with Gasteiger partial charge in [-0.2, -0.15) is 0 Å². The summed E-state index contributed by atoms with van der Waals surface area (Å²) < 4.78 is 1.42. The van der Waals surface area contributed by atoms with Crippen LogP contribution in [0.5, 0.6) is 0 Å². The van der Waals surface area contributed by atoms with Gasteiger partial charge in [0.2, 0.25) is 0 Å². The molecule has 0 fully saturated rings. The van der Waals surface area contributed by atoms with E-state index in [1.54, 1.807) is 12.3 Å². The second kappa shape index (κ2) is 5.93. The first kappa shape index (κ1) is 16.8. The third-order valence-electron chi connectivity index (χ3n) is 4.27. The van der Waals surface area contributed by atoms with E-state index in [2.05, 4.69) is 4.98 Å². The maximum absolute atomic E-state index is 12.6. The summed E-state index contributed by atoms with van der Waals surface area (Å²) in [4.78, 5) is 42.9. The van der Waals surface area contributed by atoms with E-state index >= 15 is 0 Å². The Labute approximate surface area is 157 Å². The highest BCUT2D eigenvalue weighted by Gasteiger charge is 2.36. The molecule has 0 saturated carbocycles. The van der Waals surface area contributed by atoms with E-state index in [9.17, 15) is 14.4 Å². The fourth-order valence-electron chi connectivity index (χ4n) is 2.98. The highest BCUT2D eigenvalue weighted by molar-refractivity contribution is 6.43. The number of amides is 2. The summed E-state index contributed by atoms with van der Waals surface area (Å²) in [6.07, 6.45) is 1.62. The van der Waals surface area contributed by atoms with Crippen molar-refractivity contribution >= 4 is 40.7 Å². The van der Waals surface area contributed by atoms with Gasteiger partial charge in [0, 0.05) is 12.3 Å². The number of carbonyl (C=O) groups excluding carboxylic acids is 2. The highest BCUT2D eigenvalue weighted by Crippen LogP contribution is 2.32. The molecule has 2 amide bonds. The molecule has 1 aliphatic rings. The van der Waals surface area contributed by atoms with E-state index in [0.29, 0.717) is 11.3 Å². The Morgan fingerprint density at radius 3 is 2.23 bits per heavy atom. The Balaban J connectivity index is 1.76. The molecule has 1 aliphatic heterocycles. The molecule has 0 radical (unpaired) electrons. The number of halogens is 2. The number of aryl methyl sites for hydroxylation is 1. The Bertz CT molecular complexity index is 1130. The molecule has 130 valence electrons. The van der Waals surface area contributed by atoms with Crippen LogP contribution >= 0.6 is 23.2 Å². The van der Waals surface area contributed by atoms with E-state index < -0.39 is 11.8 Å². The van der Waals surface area contributed by atoms with Gasteiger partial charge in [0.15, 0.2) is 0 Å². The van der Waals surface area contributed by atoms with Crippen LogP contribution in [-0.2, 0) is 6.54 Å². The quantitative estimate of drug-likeness (QED) is 0.633. The molecule has 0 atom stereocenters. The lowest BCUT2D eigenvalue weighted by Crippen LogP contribution is -2.30. The molecule has 0 aliphatic carbocycles. The third kappa shape index (κ3) is 2.50. The Hall–Kier alpha value is -2.70. The zero-order valence-electron chi connectivity index (χ0n) is 13.5. The second-order valence-electron chi connectivity index (χ2n) is 5.98. The molecule has 3 heterocycles. The van der Waals surface area contributed by atoms with Crippen molar-refractivity contribution < 1.29 is 9.59 Å². The number of fused-ring (bicyclic) bond motifs is 2. The van der Waals surface area contributed by atoms with Gasteiger partial charge in [-0.05, 0) is 30.7 Å². The molecule has 6 nitrogen and oxygen atoms in total. The lowest BCUT2D eigenvalue weighted by atomic mass is 10.1. The number of nitrogens with zero attached hydrogens (tertiary/aromatic N) is 3. The van der Waals surface area contributed by atoms with Crippen LogP contribution in [-0.4, -0.2) is 26.1 Å². The molecule has 3 aromatic rings. The summed E-state index contributed by atoms with van der Waals surface area (Å²) in [5, 5.41) is 0.400. The van der Waals surface area contributed by atoms with E-state index in [-0.39, 0.29) is 33.3 Å². The fraction of sp³-hybridized carbons (Fsp3) is 0.111. The normalized spacial score (nSPS) is 13.6. The smallest absolute Gasteiger partial charge is 0.261 e. The van der Waals surface area contributed by atoms with Crippen LogP contribution in [0.1, 0.15) is 32.0 Å². The van der Waals surface area contributed by atoms with E-state index in [1.807, 2.05) is 13.0 Å². The first-order valence-electron chi connectivity index (χ1n) is 7.70. The van der Waals surface area contributed by atoms with Gasteiger partial charge in [-0.3, -0.25) is 23.7 Å².